The molecule has 7 heteroatoms. The number of rotatable bonds is 1. The van der Waals surface area contributed by atoms with Gasteiger partial charge in [-0.15, -0.1) is 5.10 Å². The number of nitrogens with zero attached hydrogens (tertiary/aromatic N) is 5. The molecule has 0 unspecified atom stereocenters. The molecule has 0 radical (unpaired) electrons. The Morgan fingerprint density at radius 1 is 1.38 bits per heavy atom. The molecule has 21 heavy (non-hydrogen) atoms. The summed E-state index contributed by atoms with van der Waals surface area (Å²) in [4.78, 5) is 22.9. The molecule has 0 aliphatic carbocycles. The minimum Gasteiger partial charge on any atom is -0.336 e. The average Bonchev–Trinajstić information content (AvgIpc) is 2.77. The summed E-state index contributed by atoms with van der Waals surface area (Å²) in [6.45, 7) is 5.99. The van der Waals surface area contributed by atoms with Crippen molar-refractivity contribution in [2.45, 2.75) is 26.7 Å². The van der Waals surface area contributed by atoms with Gasteiger partial charge in [0.25, 0.3) is 11.7 Å². The van der Waals surface area contributed by atoms with Crippen LogP contribution in [0.1, 0.15) is 37.3 Å². The molecule has 2 aromatic heterocycles. The summed E-state index contributed by atoms with van der Waals surface area (Å²) in [5.74, 6) is 1.73. The molecule has 0 bridgehead atoms. The Balaban J connectivity index is 1.85. The topological polar surface area (TPSA) is 63.4 Å². The maximum atomic E-state index is 12.6. The van der Waals surface area contributed by atoms with E-state index in [1.54, 1.807) is 12.4 Å². The first-order chi connectivity index (χ1) is 10.0. The largest absolute Gasteiger partial charge is 0.336 e. The van der Waals surface area contributed by atoms with Gasteiger partial charge in [0.05, 0.1) is 4.47 Å². The van der Waals surface area contributed by atoms with Crippen LogP contribution in [-0.4, -0.2) is 43.5 Å². The zero-order chi connectivity index (χ0) is 15.0. The Morgan fingerprint density at radius 3 is 3.00 bits per heavy atom. The van der Waals surface area contributed by atoms with Crippen molar-refractivity contribution in [2.75, 3.05) is 13.1 Å². The lowest BCUT2D eigenvalue weighted by atomic mass is 9.97. The van der Waals surface area contributed by atoms with Gasteiger partial charge in [-0.2, -0.15) is 4.98 Å². The van der Waals surface area contributed by atoms with Gasteiger partial charge in [-0.3, -0.25) is 4.79 Å². The van der Waals surface area contributed by atoms with E-state index in [9.17, 15) is 4.79 Å². The number of carbonyl (C=O) groups is 1. The van der Waals surface area contributed by atoms with E-state index in [1.807, 2.05) is 4.90 Å². The summed E-state index contributed by atoms with van der Waals surface area (Å²) in [5, 5.41) is 4.25. The van der Waals surface area contributed by atoms with Gasteiger partial charge in [0, 0.05) is 25.5 Å². The number of aromatic nitrogens is 4. The summed E-state index contributed by atoms with van der Waals surface area (Å²) in [7, 11) is 0. The molecule has 6 nitrogen and oxygen atoms in total. The summed E-state index contributed by atoms with van der Waals surface area (Å²) in [6, 6.07) is 0. The van der Waals surface area contributed by atoms with Gasteiger partial charge in [0.2, 0.25) is 5.82 Å². The average molecular weight is 352 g/mol. The number of carbonyl (C=O) groups excluding carboxylic acids is 1. The zero-order valence-corrected chi connectivity index (χ0v) is 13.7. The van der Waals surface area contributed by atoms with Crippen molar-refractivity contribution in [3.05, 3.63) is 22.7 Å². The second-order valence-electron chi connectivity index (χ2n) is 5.94. The molecule has 112 valence electrons. The van der Waals surface area contributed by atoms with Crippen LogP contribution in [0.15, 0.2) is 16.9 Å². The number of fused-ring (bicyclic) bond motifs is 1. The first-order valence-electron chi connectivity index (χ1n) is 7.20. The molecule has 1 amide bonds. The lowest BCUT2D eigenvalue weighted by molar-refractivity contribution is 0.0732. The Kier molecular flexibility index (Phi) is 3.93. The summed E-state index contributed by atoms with van der Waals surface area (Å²) >= 11 is 3.33. The van der Waals surface area contributed by atoms with Gasteiger partial charge >= 0.3 is 0 Å². The van der Waals surface area contributed by atoms with Crippen LogP contribution in [0, 0.1) is 11.8 Å². The fourth-order valence-corrected chi connectivity index (χ4v) is 3.20. The van der Waals surface area contributed by atoms with Crippen LogP contribution in [0.3, 0.4) is 0 Å². The predicted molar refractivity (Wildman–Crippen MR) is 81.9 cm³/mol. The minimum atomic E-state index is -0.0995. The first kappa shape index (κ1) is 14.4. The van der Waals surface area contributed by atoms with Crippen LogP contribution in [0.25, 0.3) is 5.78 Å². The van der Waals surface area contributed by atoms with Gasteiger partial charge < -0.3 is 4.90 Å². The number of halogens is 1. The molecule has 3 heterocycles. The SMILES string of the molecule is C[C@@H]1CCN(C(=O)c2nc3ncc(Br)cn3n2)C[C@H](C)C1. The molecule has 0 aromatic carbocycles. The van der Waals surface area contributed by atoms with Crippen LogP contribution in [0.2, 0.25) is 0 Å². The second-order valence-corrected chi connectivity index (χ2v) is 6.85. The van der Waals surface area contributed by atoms with Crippen LogP contribution >= 0.6 is 15.9 Å². The third-order valence-corrected chi connectivity index (χ3v) is 4.28. The van der Waals surface area contributed by atoms with Crippen LogP contribution in [-0.2, 0) is 0 Å². The van der Waals surface area contributed by atoms with Gasteiger partial charge in [0.15, 0.2) is 0 Å². The molecule has 2 atom stereocenters. The highest BCUT2D eigenvalue weighted by Gasteiger charge is 2.26. The Bertz CT molecular complexity index is 670. The van der Waals surface area contributed by atoms with Crippen molar-refractivity contribution in [1.29, 1.82) is 0 Å². The van der Waals surface area contributed by atoms with Crippen molar-refractivity contribution >= 4 is 27.6 Å². The molecular formula is C14H18BrN5O. The molecule has 1 aliphatic heterocycles. The maximum Gasteiger partial charge on any atom is 0.293 e. The third kappa shape index (κ3) is 3.07. The van der Waals surface area contributed by atoms with Gasteiger partial charge in [-0.05, 0) is 40.6 Å². The number of hydrogen-bond acceptors (Lipinski definition) is 4. The molecular weight excluding hydrogens is 334 g/mol. The van der Waals surface area contributed by atoms with Gasteiger partial charge in [-0.1, -0.05) is 13.8 Å². The molecule has 1 saturated heterocycles. The highest BCUT2D eigenvalue weighted by Crippen LogP contribution is 2.22. The molecule has 0 spiro atoms. The van der Waals surface area contributed by atoms with E-state index in [-0.39, 0.29) is 11.7 Å². The number of amides is 1. The summed E-state index contributed by atoms with van der Waals surface area (Å²) < 4.78 is 2.33. The molecule has 2 aromatic rings. The van der Waals surface area contributed by atoms with Gasteiger partial charge in [0.1, 0.15) is 0 Å². The zero-order valence-electron chi connectivity index (χ0n) is 12.2. The summed E-state index contributed by atoms with van der Waals surface area (Å²) in [5.41, 5.74) is 0. The molecule has 1 aliphatic rings. The van der Waals surface area contributed by atoms with Gasteiger partial charge in [-0.25, -0.2) is 9.50 Å². The van der Waals surface area contributed by atoms with E-state index in [4.69, 9.17) is 0 Å². The fraction of sp³-hybridized carbons (Fsp3) is 0.571. The van der Waals surface area contributed by atoms with Crippen LogP contribution in [0.5, 0.6) is 0 Å². The van der Waals surface area contributed by atoms with Crippen molar-refractivity contribution in [3.63, 3.8) is 0 Å². The van der Waals surface area contributed by atoms with E-state index in [0.717, 1.165) is 30.4 Å². The summed E-state index contributed by atoms with van der Waals surface area (Å²) in [6.07, 6.45) is 5.59. The molecule has 3 rings (SSSR count). The normalized spacial score (nSPS) is 23.3. The van der Waals surface area contributed by atoms with Crippen molar-refractivity contribution < 1.29 is 4.79 Å². The third-order valence-electron chi connectivity index (χ3n) is 3.87. The Morgan fingerprint density at radius 2 is 2.19 bits per heavy atom. The standard InChI is InChI=1S/C14H18BrN5O/c1-9-3-4-19(7-10(2)5-9)13(21)12-17-14-16-6-11(15)8-20(14)18-12/h6,8-10H,3-5,7H2,1-2H3/t9-,10-/m1/s1. The van der Waals surface area contributed by atoms with Crippen molar-refractivity contribution in [3.8, 4) is 0 Å². The second kappa shape index (κ2) is 5.71. The van der Waals surface area contributed by atoms with E-state index in [1.165, 1.54) is 4.52 Å². The van der Waals surface area contributed by atoms with E-state index in [0.29, 0.717) is 17.6 Å². The maximum absolute atomic E-state index is 12.6. The van der Waals surface area contributed by atoms with Crippen LogP contribution in [0.4, 0.5) is 0 Å². The first-order valence-corrected chi connectivity index (χ1v) is 7.99. The Hall–Kier alpha value is -1.50. The number of hydrogen-bond donors (Lipinski definition) is 0. The minimum absolute atomic E-state index is 0.0995. The van der Waals surface area contributed by atoms with E-state index in [2.05, 4.69) is 44.8 Å². The highest BCUT2D eigenvalue weighted by molar-refractivity contribution is 9.10. The van der Waals surface area contributed by atoms with Crippen molar-refractivity contribution in [2.24, 2.45) is 11.8 Å². The fourth-order valence-electron chi connectivity index (χ4n) is 2.90. The molecule has 1 fully saturated rings. The smallest absolute Gasteiger partial charge is 0.293 e. The Labute approximate surface area is 131 Å². The van der Waals surface area contributed by atoms with Crippen molar-refractivity contribution in [1.82, 2.24) is 24.5 Å². The predicted octanol–water partition coefficient (Wildman–Crippen LogP) is 2.40. The van der Waals surface area contributed by atoms with E-state index >= 15 is 0 Å². The lowest BCUT2D eigenvalue weighted by Crippen LogP contribution is -2.34. The quantitative estimate of drug-likeness (QED) is 0.791. The highest BCUT2D eigenvalue weighted by atomic mass is 79.9. The van der Waals surface area contributed by atoms with E-state index < -0.39 is 0 Å². The monoisotopic (exact) mass is 351 g/mol. The number of likely N-dealkylation sites (tertiary alicyclic amines) is 1. The molecule has 0 saturated carbocycles. The van der Waals surface area contributed by atoms with Crippen LogP contribution < -0.4 is 0 Å². The lowest BCUT2D eigenvalue weighted by Gasteiger charge is -2.20. The molecule has 0 N–H and O–H groups in total.